The van der Waals surface area contributed by atoms with Crippen molar-refractivity contribution in [3.63, 3.8) is 0 Å². The van der Waals surface area contributed by atoms with Crippen molar-refractivity contribution >= 4 is 33.2 Å². The lowest BCUT2D eigenvalue weighted by Crippen LogP contribution is -1.88. The standard InChI is InChI=1S/C5H7O2P2S/c6-9(7-4-8)5-2-1-3-10-5/h1-3H,4,8H2/q+1. The van der Waals surface area contributed by atoms with Crippen molar-refractivity contribution < 1.29 is 9.09 Å². The predicted molar refractivity (Wildman–Crippen MR) is 47.2 cm³/mol. The average molecular weight is 193 g/mol. The highest BCUT2D eigenvalue weighted by Crippen LogP contribution is 2.24. The van der Waals surface area contributed by atoms with Gasteiger partial charge < -0.3 is 0 Å². The smallest absolute Gasteiger partial charge is 0.137 e. The van der Waals surface area contributed by atoms with Gasteiger partial charge in [-0.25, -0.2) is 0 Å². The first kappa shape index (κ1) is 8.29. The van der Waals surface area contributed by atoms with Crippen molar-refractivity contribution in [3.8, 4) is 0 Å². The van der Waals surface area contributed by atoms with Gasteiger partial charge in [0.1, 0.15) is 6.35 Å². The Morgan fingerprint density at radius 1 is 1.80 bits per heavy atom. The Hall–Kier alpha value is 0.190. The molecule has 10 heavy (non-hydrogen) atoms. The maximum absolute atomic E-state index is 11.0. The van der Waals surface area contributed by atoms with Crippen molar-refractivity contribution in [3.05, 3.63) is 17.5 Å². The van der Waals surface area contributed by atoms with E-state index in [4.69, 9.17) is 4.52 Å². The highest BCUT2D eigenvalue weighted by Gasteiger charge is 2.21. The Labute approximate surface area is 66.7 Å². The summed E-state index contributed by atoms with van der Waals surface area (Å²) in [4.78, 5) is 0. The lowest BCUT2D eigenvalue weighted by molar-refractivity contribution is 0.405. The third-order valence-corrected chi connectivity index (χ3v) is 3.65. The van der Waals surface area contributed by atoms with E-state index in [1.165, 1.54) is 11.3 Å². The van der Waals surface area contributed by atoms with Crippen molar-refractivity contribution in [1.82, 2.24) is 0 Å². The van der Waals surface area contributed by atoms with Gasteiger partial charge in [-0.1, -0.05) is 11.3 Å². The molecular weight excluding hydrogens is 186 g/mol. The van der Waals surface area contributed by atoms with Crippen molar-refractivity contribution in [1.29, 1.82) is 0 Å². The number of hydrogen-bond acceptors (Lipinski definition) is 3. The van der Waals surface area contributed by atoms with E-state index in [9.17, 15) is 4.57 Å². The molecule has 0 fully saturated rings. The summed E-state index contributed by atoms with van der Waals surface area (Å²) in [6, 6.07) is 3.67. The molecule has 0 radical (unpaired) electrons. The second kappa shape index (κ2) is 4.15. The van der Waals surface area contributed by atoms with Crippen molar-refractivity contribution in [2.24, 2.45) is 0 Å². The SMILES string of the molecule is O=[P+](OCP)c1cccs1. The number of thiophene rings is 1. The largest absolute Gasteiger partial charge is 0.560 e. The fourth-order valence-electron chi connectivity index (χ4n) is 0.505. The van der Waals surface area contributed by atoms with Crippen LogP contribution in [0.3, 0.4) is 0 Å². The zero-order valence-corrected chi connectivity index (χ0v) is 8.05. The second-order valence-electron chi connectivity index (χ2n) is 1.50. The molecule has 54 valence electrons. The highest BCUT2D eigenvalue weighted by atomic mass is 32.1. The second-order valence-corrected chi connectivity index (χ2v) is 4.34. The van der Waals surface area contributed by atoms with Crippen LogP contribution >= 0.6 is 28.6 Å². The third kappa shape index (κ3) is 2.10. The van der Waals surface area contributed by atoms with Crippen molar-refractivity contribution in [2.75, 3.05) is 6.35 Å². The van der Waals surface area contributed by atoms with Crippen LogP contribution in [0.1, 0.15) is 0 Å². The molecule has 0 saturated carbocycles. The minimum Gasteiger partial charge on any atom is -0.137 e. The normalized spacial score (nSPS) is 11.5. The van der Waals surface area contributed by atoms with E-state index in [0.717, 1.165) is 4.62 Å². The van der Waals surface area contributed by atoms with Gasteiger partial charge in [0.05, 0.1) is 0 Å². The van der Waals surface area contributed by atoms with E-state index in [0.29, 0.717) is 6.35 Å². The monoisotopic (exact) mass is 193 g/mol. The average Bonchev–Trinajstić information content (AvgIpc) is 2.38. The van der Waals surface area contributed by atoms with Crippen LogP contribution in [0.5, 0.6) is 0 Å². The molecule has 0 N–H and O–H groups in total. The first-order valence-electron chi connectivity index (χ1n) is 2.68. The number of hydrogen-bond donors (Lipinski definition) is 0. The zero-order valence-electron chi connectivity index (χ0n) is 5.19. The van der Waals surface area contributed by atoms with Gasteiger partial charge in [0.2, 0.25) is 0 Å². The summed E-state index contributed by atoms with van der Waals surface area (Å²) in [7, 11) is 0.776. The minimum atomic E-state index is -1.59. The molecule has 1 rings (SSSR count). The van der Waals surface area contributed by atoms with Crippen LogP contribution in [0.25, 0.3) is 0 Å². The zero-order chi connectivity index (χ0) is 7.40. The van der Waals surface area contributed by atoms with Gasteiger partial charge in [-0.15, -0.1) is 13.8 Å². The molecule has 0 amide bonds. The van der Waals surface area contributed by atoms with E-state index >= 15 is 0 Å². The predicted octanol–water partition coefficient (Wildman–Crippen LogP) is 1.97. The summed E-state index contributed by atoms with van der Waals surface area (Å²) in [6.45, 7) is 0. The maximum atomic E-state index is 11.0. The molecule has 1 heterocycles. The summed E-state index contributed by atoms with van der Waals surface area (Å²) in [6.07, 6.45) is 0.424. The Balaban J connectivity index is 2.59. The van der Waals surface area contributed by atoms with Crippen LogP contribution in [0.4, 0.5) is 0 Å². The molecule has 0 spiro atoms. The highest BCUT2D eigenvalue weighted by molar-refractivity contribution is 7.57. The molecule has 0 aliphatic carbocycles. The van der Waals surface area contributed by atoms with Crippen molar-refractivity contribution in [2.45, 2.75) is 0 Å². The molecule has 1 aromatic heterocycles. The molecule has 2 nitrogen and oxygen atoms in total. The number of rotatable bonds is 3. The molecule has 0 bridgehead atoms. The van der Waals surface area contributed by atoms with E-state index in [-0.39, 0.29) is 0 Å². The maximum Gasteiger partial charge on any atom is 0.560 e. The molecule has 0 saturated heterocycles. The summed E-state index contributed by atoms with van der Waals surface area (Å²) in [5.41, 5.74) is 0. The summed E-state index contributed by atoms with van der Waals surface area (Å²) in [5.74, 6) is 0. The summed E-state index contributed by atoms with van der Waals surface area (Å²) < 4.78 is 16.7. The van der Waals surface area contributed by atoms with Gasteiger partial charge in [-0.05, 0) is 16.0 Å². The molecule has 5 heteroatoms. The lowest BCUT2D eigenvalue weighted by atomic mass is 10.7. The van der Waals surface area contributed by atoms with E-state index in [1.807, 2.05) is 17.5 Å². The fourth-order valence-corrected chi connectivity index (χ4v) is 2.52. The van der Waals surface area contributed by atoms with E-state index in [2.05, 4.69) is 9.24 Å². The van der Waals surface area contributed by atoms with Gasteiger partial charge in [0, 0.05) is 6.07 Å². The van der Waals surface area contributed by atoms with Crippen LogP contribution in [0.15, 0.2) is 17.5 Å². The van der Waals surface area contributed by atoms with Crippen LogP contribution in [-0.4, -0.2) is 6.35 Å². The Morgan fingerprint density at radius 3 is 3.10 bits per heavy atom. The Kier molecular flexibility index (Phi) is 3.44. The first-order valence-corrected chi connectivity index (χ1v) is 5.55. The van der Waals surface area contributed by atoms with E-state index in [1.54, 1.807) is 0 Å². The van der Waals surface area contributed by atoms with Crippen LogP contribution in [0.2, 0.25) is 0 Å². The summed E-state index contributed by atoms with van der Waals surface area (Å²) in [5, 5.41) is 1.88. The lowest BCUT2D eigenvalue weighted by Gasteiger charge is -1.77. The fraction of sp³-hybridized carbons (Fsp3) is 0.200. The van der Waals surface area contributed by atoms with Crippen LogP contribution < -0.4 is 4.62 Å². The molecule has 1 aromatic rings. The minimum absolute atomic E-state index is 0.424. The van der Waals surface area contributed by atoms with Gasteiger partial charge in [-0.3, -0.25) is 0 Å². The van der Waals surface area contributed by atoms with Crippen LogP contribution in [-0.2, 0) is 9.09 Å². The molecular formula is C5H7O2P2S+. The molecule has 0 aromatic carbocycles. The van der Waals surface area contributed by atoms with Gasteiger partial charge in [0.15, 0.2) is 0 Å². The first-order chi connectivity index (χ1) is 4.84. The van der Waals surface area contributed by atoms with Crippen LogP contribution in [0, 0.1) is 0 Å². The molecule has 0 aliphatic rings. The molecule has 2 unspecified atom stereocenters. The topological polar surface area (TPSA) is 26.3 Å². The Bertz CT molecular complexity index is 209. The molecule has 2 atom stereocenters. The quantitative estimate of drug-likeness (QED) is 0.686. The van der Waals surface area contributed by atoms with Gasteiger partial charge in [-0.2, -0.15) is 0 Å². The van der Waals surface area contributed by atoms with E-state index < -0.39 is 8.03 Å². The van der Waals surface area contributed by atoms with Gasteiger partial charge in [0.25, 0.3) is 4.62 Å². The summed E-state index contributed by atoms with van der Waals surface area (Å²) >= 11 is 1.45. The molecule has 0 aliphatic heterocycles. The third-order valence-electron chi connectivity index (χ3n) is 0.878. The Morgan fingerprint density at radius 2 is 2.60 bits per heavy atom. The van der Waals surface area contributed by atoms with Gasteiger partial charge >= 0.3 is 8.03 Å².